The quantitative estimate of drug-likeness (QED) is 0.237. The molecule has 8 atom stereocenters. The van der Waals surface area contributed by atoms with Crippen LogP contribution in [0.4, 0.5) is 0 Å². The van der Waals surface area contributed by atoms with Crippen LogP contribution in [0.25, 0.3) is 5.57 Å². The van der Waals surface area contributed by atoms with Crippen molar-refractivity contribution in [2.45, 2.75) is 118 Å². The molecule has 0 bridgehead atoms. The van der Waals surface area contributed by atoms with Gasteiger partial charge in [-0.05, 0) is 145 Å². The number of benzene rings is 1. The molecule has 1 aromatic carbocycles. The monoisotopic (exact) mass is 728 g/mol. The number of amides is 1. The first-order chi connectivity index (χ1) is 25.8. The minimum Gasteiger partial charge on any atom is -0.478 e. The lowest BCUT2D eigenvalue weighted by Crippen LogP contribution is -2.67. The molecule has 5 nitrogen and oxygen atoms in total. The Labute approximate surface area is 327 Å². The number of terminal acetylenes is 3. The van der Waals surface area contributed by atoms with E-state index in [9.17, 15) is 14.7 Å². The number of carbonyl (C=O) groups is 2. The number of aromatic nitrogens is 1. The Morgan fingerprint density at radius 3 is 2.09 bits per heavy atom. The number of pyridine rings is 1. The van der Waals surface area contributed by atoms with E-state index in [1.165, 1.54) is 56.1 Å². The molecule has 1 amide bonds. The number of carboxylic acid groups (broad SMARTS) is 1. The van der Waals surface area contributed by atoms with E-state index in [1.807, 2.05) is 37.4 Å². The zero-order valence-corrected chi connectivity index (χ0v) is 33.7. The number of carboxylic acids is 1. The van der Waals surface area contributed by atoms with E-state index >= 15 is 0 Å². The molecule has 2 aromatic rings. The Bertz CT molecular complexity index is 1690. The molecule has 3 unspecified atom stereocenters. The van der Waals surface area contributed by atoms with Crippen molar-refractivity contribution in [2.75, 3.05) is 0 Å². The van der Waals surface area contributed by atoms with Crippen LogP contribution in [-0.2, 0) is 11.2 Å². The van der Waals surface area contributed by atoms with Crippen LogP contribution in [0.1, 0.15) is 127 Å². The standard InChI is InChI=1S/C40H52N2O3.C3H6.3C2H2/c1-36(2)29(27-10-12-28(13-11-27)35(44)45)16-19-37(3)32(36)17-20-39(5)33(37)15-14-30-31-9-6-18-40(31,22-21-38(30,39)4)42-34(43)24-26-8-7-23-41-25-26;1-3-2;3*1-2/h7-8,10-13,16,23,25,30-33H,6,9,14-15,17-22,24H2,1-5H3,(H,42,43)(H,44,45);3H,1H2,2H3;3*1-2H/t30-,31?,32?,33?,37+,38-,39-,40+;;;;/m1..../s1. The Morgan fingerprint density at radius 2 is 1.50 bits per heavy atom. The summed E-state index contributed by atoms with van der Waals surface area (Å²) in [6.07, 6.45) is 44.3. The predicted octanol–water partition coefficient (Wildman–Crippen LogP) is 10.7. The first-order valence-corrected chi connectivity index (χ1v) is 19.6. The largest absolute Gasteiger partial charge is 0.478 e. The number of aromatic carboxylic acids is 1. The van der Waals surface area contributed by atoms with Gasteiger partial charge in [-0.1, -0.05) is 71.4 Å². The molecule has 1 heterocycles. The lowest BCUT2D eigenvalue weighted by molar-refractivity contribution is -0.216. The van der Waals surface area contributed by atoms with E-state index in [0.717, 1.165) is 24.8 Å². The second-order valence-electron chi connectivity index (χ2n) is 17.2. The molecule has 7 rings (SSSR count). The zero-order valence-electron chi connectivity index (χ0n) is 33.7. The highest BCUT2D eigenvalue weighted by atomic mass is 16.4. The number of nitrogens with one attached hydrogen (secondary N) is 1. The first-order valence-electron chi connectivity index (χ1n) is 19.6. The normalized spacial score (nSPS) is 33.5. The maximum atomic E-state index is 13.4. The van der Waals surface area contributed by atoms with Crippen molar-refractivity contribution in [1.82, 2.24) is 10.3 Å². The Morgan fingerprint density at radius 1 is 0.852 bits per heavy atom. The van der Waals surface area contributed by atoms with Gasteiger partial charge in [-0.2, -0.15) is 0 Å². The van der Waals surface area contributed by atoms with Gasteiger partial charge in [-0.15, -0.1) is 45.1 Å². The van der Waals surface area contributed by atoms with Crippen molar-refractivity contribution in [3.63, 3.8) is 0 Å². The van der Waals surface area contributed by atoms with Crippen LogP contribution in [-0.4, -0.2) is 27.5 Å². The lowest BCUT2D eigenvalue weighted by Gasteiger charge is -2.72. The average molecular weight is 729 g/mol. The highest BCUT2D eigenvalue weighted by molar-refractivity contribution is 5.88. The molecule has 5 aliphatic rings. The van der Waals surface area contributed by atoms with Gasteiger partial charge in [0.05, 0.1) is 12.0 Å². The van der Waals surface area contributed by atoms with Crippen LogP contribution < -0.4 is 5.32 Å². The molecular formula is C49H64N2O3. The van der Waals surface area contributed by atoms with Gasteiger partial charge in [0.25, 0.3) is 0 Å². The van der Waals surface area contributed by atoms with Gasteiger partial charge in [0, 0.05) is 17.9 Å². The van der Waals surface area contributed by atoms with E-state index < -0.39 is 5.97 Å². The second-order valence-corrected chi connectivity index (χ2v) is 17.2. The fraction of sp³-hybridized carbons (Fsp3) is 0.531. The van der Waals surface area contributed by atoms with Gasteiger partial charge in [-0.25, -0.2) is 4.79 Å². The summed E-state index contributed by atoms with van der Waals surface area (Å²) in [6.45, 7) is 18.1. The smallest absolute Gasteiger partial charge is 0.335 e. The van der Waals surface area contributed by atoms with Crippen molar-refractivity contribution in [3.8, 4) is 38.5 Å². The van der Waals surface area contributed by atoms with Gasteiger partial charge in [0.2, 0.25) is 5.91 Å². The average Bonchev–Trinajstić information content (AvgIpc) is 3.58. The summed E-state index contributed by atoms with van der Waals surface area (Å²) in [7, 11) is 0. The van der Waals surface area contributed by atoms with Crippen molar-refractivity contribution < 1.29 is 14.7 Å². The summed E-state index contributed by atoms with van der Waals surface area (Å²) in [5.74, 6) is 1.78. The molecule has 5 heteroatoms. The zero-order chi connectivity index (χ0) is 40.5. The number of rotatable bonds is 5. The number of allylic oxidation sites excluding steroid dienone is 3. The molecule has 0 spiro atoms. The molecule has 0 saturated heterocycles. The maximum absolute atomic E-state index is 13.4. The minimum absolute atomic E-state index is 0.0164. The summed E-state index contributed by atoms with van der Waals surface area (Å²) >= 11 is 0. The van der Waals surface area contributed by atoms with Crippen molar-refractivity contribution in [1.29, 1.82) is 0 Å². The highest BCUT2D eigenvalue weighted by Gasteiger charge is 2.69. The molecule has 54 heavy (non-hydrogen) atoms. The fourth-order valence-corrected chi connectivity index (χ4v) is 12.7. The topological polar surface area (TPSA) is 79.3 Å². The van der Waals surface area contributed by atoms with Crippen LogP contribution in [0.2, 0.25) is 0 Å². The van der Waals surface area contributed by atoms with Crippen LogP contribution in [0, 0.1) is 83.9 Å². The van der Waals surface area contributed by atoms with E-state index in [1.54, 1.807) is 24.4 Å². The van der Waals surface area contributed by atoms with Gasteiger partial charge < -0.3 is 10.4 Å². The number of nitrogens with zero attached hydrogens (tertiary/aromatic N) is 1. The summed E-state index contributed by atoms with van der Waals surface area (Å²) in [5.41, 5.74) is 4.66. The van der Waals surface area contributed by atoms with Gasteiger partial charge in [0.1, 0.15) is 0 Å². The number of fused-ring (bicyclic) bond motifs is 7. The molecule has 5 aliphatic carbocycles. The highest BCUT2D eigenvalue weighted by Crippen LogP contribution is 2.76. The molecule has 4 saturated carbocycles. The van der Waals surface area contributed by atoms with E-state index in [2.05, 4.69) is 96.1 Å². The van der Waals surface area contributed by atoms with Gasteiger partial charge >= 0.3 is 5.97 Å². The third kappa shape index (κ3) is 7.56. The van der Waals surface area contributed by atoms with Crippen LogP contribution in [0.15, 0.2) is 67.5 Å². The molecule has 4 fully saturated rings. The number of hydrogen-bond donors (Lipinski definition) is 2. The molecule has 1 aromatic heterocycles. The molecule has 0 radical (unpaired) electrons. The third-order valence-electron chi connectivity index (χ3n) is 14.9. The molecule has 2 N–H and O–H groups in total. The summed E-state index contributed by atoms with van der Waals surface area (Å²) in [4.78, 5) is 29.1. The van der Waals surface area contributed by atoms with Crippen LogP contribution in [0.3, 0.4) is 0 Å². The van der Waals surface area contributed by atoms with Crippen LogP contribution in [0.5, 0.6) is 0 Å². The fourth-order valence-electron chi connectivity index (χ4n) is 12.7. The third-order valence-corrected chi connectivity index (χ3v) is 14.9. The second kappa shape index (κ2) is 17.7. The molecule has 0 aliphatic heterocycles. The maximum Gasteiger partial charge on any atom is 0.335 e. The molecular weight excluding hydrogens is 665 g/mol. The van der Waals surface area contributed by atoms with Crippen molar-refractivity contribution in [3.05, 3.63) is 84.2 Å². The SMILES string of the molecule is C#C.C#C.C#C.C=CC.CC1(C)C(c2ccc(C(=O)O)cc2)=CC[C@@]2(C)C1CC[C@]1(C)C2CC[C@@H]2C3CCC[C@]3(NC(=O)Cc3cccnc3)CC[C@]21C. The first kappa shape index (κ1) is 43.9. The van der Waals surface area contributed by atoms with Gasteiger partial charge in [0.15, 0.2) is 0 Å². The minimum atomic E-state index is -0.869. The van der Waals surface area contributed by atoms with Crippen molar-refractivity contribution >= 4 is 17.4 Å². The van der Waals surface area contributed by atoms with Crippen LogP contribution >= 0.6 is 0 Å². The predicted molar refractivity (Wildman–Crippen MR) is 224 cm³/mol. The van der Waals surface area contributed by atoms with Gasteiger partial charge in [-0.3, -0.25) is 9.78 Å². The summed E-state index contributed by atoms with van der Waals surface area (Å²) in [5, 5.41) is 13.1. The summed E-state index contributed by atoms with van der Waals surface area (Å²) in [6, 6.07) is 11.5. The lowest BCUT2D eigenvalue weighted by atomic mass is 9.33. The number of carbonyl (C=O) groups excluding carboxylic acids is 1. The Kier molecular flexibility index (Phi) is 14.4. The van der Waals surface area contributed by atoms with E-state index in [-0.39, 0.29) is 33.1 Å². The molecule has 288 valence electrons. The Balaban J connectivity index is 0.000000807. The Hall–Kier alpha value is -4.53. The number of hydrogen-bond acceptors (Lipinski definition) is 3. The van der Waals surface area contributed by atoms with E-state index in [4.69, 9.17) is 0 Å². The van der Waals surface area contributed by atoms with Crippen molar-refractivity contribution in [2.24, 2.45) is 45.3 Å². The van der Waals surface area contributed by atoms with E-state index in [0.29, 0.717) is 35.7 Å². The summed E-state index contributed by atoms with van der Waals surface area (Å²) < 4.78 is 0.